The van der Waals surface area contributed by atoms with Crippen molar-refractivity contribution in [2.24, 2.45) is 0 Å². The highest BCUT2D eigenvalue weighted by molar-refractivity contribution is 5.32. The third-order valence-corrected chi connectivity index (χ3v) is 6.81. The lowest BCUT2D eigenvalue weighted by atomic mass is 9.94. The fourth-order valence-corrected chi connectivity index (χ4v) is 5.19. The van der Waals surface area contributed by atoms with E-state index in [-0.39, 0.29) is 6.04 Å². The number of quaternary nitrogens is 1. The second-order valence-corrected chi connectivity index (χ2v) is 8.58. The fourth-order valence-electron chi connectivity index (χ4n) is 5.19. The van der Waals surface area contributed by atoms with Crippen molar-refractivity contribution < 1.29 is 9.64 Å². The van der Waals surface area contributed by atoms with Gasteiger partial charge in [0.25, 0.3) is 0 Å². The van der Waals surface area contributed by atoms with Crippen LogP contribution >= 0.6 is 0 Å². The first-order valence-corrected chi connectivity index (χ1v) is 11.2. The van der Waals surface area contributed by atoms with E-state index in [0.29, 0.717) is 6.04 Å². The summed E-state index contributed by atoms with van der Waals surface area (Å²) in [5, 5.41) is 13.2. The summed E-state index contributed by atoms with van der Waals surface area (Å²) >= 11 is 0. The maximum Gasteiger partial charge on any atom is 0.214 e. The Bertz CT molecular complexity index is 977. The highest BCUT2D eigenvalue weighted by Crippen LogP contribution is 2.30. The van der Waals surface area contributed by atoms with Crippen LogP contribution < -0.4 is 9.64 Å². The minimum atomic E-state index is 0.112. The van der Waals surface area contributed by atoms with Gasteiger partial charge in [-0.1, -0.05) is 43.5 Å². The Hall–Kier alpha value is -2.73. The minimum Gasteiger partial charge on any atom is -0.497 e. The number of hydrogen-bond donors (Lipinski definition) is 1. The molecule has 1 aliphatic heterocycles. The number of ether oxygens (including phenoxy) is 1. The normalized spacial score (nSPS) is 20.5. The van der Waals surface area contributed by atoms with Gasteiger partial charge in [-0.05, 0) is 53.1 Å². The van der Waals surface area contributed by atoms with Crippen LogP contribution in [0.1, 0.15) is 66.7 Å². The molecule has 1 N–H and O–H groups in total. The molecule has 1 aromatic heterocycles. The van der Waals surface area contributed by atoms with Gasteiger partial charge in [0.1, 0.15) is 12.3 Å². The van der Waals surface area contributed by atoms with Gasteiger partial charge in [-0.25, -0.2) is 4.68 Å². The Morgan fingerprint density at radius 2 is 1.77 bits per heavy atom. The summed E-state index contributed by atoms with van der Waals surface area (Å²) in [7, 11) is 1.71. The molecular formula is C24H30N5O+. The van der Waals surface area contributed by atoms with E-state index < -0.39 is 0 Å². The molecule has 0 radical (unpaired) electrons. The van der Waals surface area contributed by atoms with Crippen LogP contribution in [0.4, 0.5) is 0 Å². The lowest BCUT2D eigenvalue weighted by Gasteiger charge is -2.33. The van der Waals surface area contributed by atoms with E-state index in [4.69, 9.17) is 4.74 Å². The molecule has 5 rings (SSSR count). The van der Waals surface area contributed by atoms with Gasteiger partial charge in [0, 0.05) is 17.5 Å². The van der Waals surface area contributed by atoms with Gasteiger partial charge in [0.15, 0.2) is 6.04 Å². The smallest absolute Gasteiger partial charge is 0.214 e. The number of benzene rings is 2. The van der Waals surface area contributed by atoms with Crippen LogP contribution in [0.15, 0.2) is 48.5 Å². The third-order valence-electron chi connectivity index (χ3n) is 6.81. The molecule has 2 atom stereocenters. The molecule has 3 aromatic rings. The summed E-state index contributed by atoms with van der Waals surface area (Å²) in [6, 6.07) is 17.8. The van der Waals surface area contributed by atoms with Crippen LogP contribution in [0, 0.1) is 0 Å². The summed E-state index contributed by atoms with van der Waals surface area (Å²) in [6.07, 6.45) is 7.28. The van der Waals surface area contributed by atoms with Crippen molar-refractivity contribution in [2.45, 2.75) is 57.2 Å². The molecule has 30 heavy (non-hydrogen) atoms. The Labute approximate surface area is 177 Å². The number of hydrogen-bond acceptors (Lipinski definition) is 4. The van der Waals surface area contributed by atoms with E-state index >= 15 is 0 Å². The zero-order chi connectivity index (χ0) is 20.3. The van der Waals surface area contributed by atoms with Crippen LogP contribution in [0.3, 0.4) is 0 Å². The lowest BCUT2D eigenvalue weighted by molar-refractivity contribution is -0.941. The van der Waals surface area contributed by atoms with Gasteiger partial charge < -0.3 is 9.64 Å². The summed E-state index contributed by atoms with van der Waals surface area (Å²) in [6.45, 7) is 2.07. The number of nitrogens with zero attached hydrogens (tertiary/aromatic N) is 4. The van der Waals surface area contributed by atoms with Gasteiger partial charge >= 0.3 is 0 Å². The van der Waals surface area contributed by atoms with Crippen molar-refractivity contribution in [1.29, 1.82) is 0 Å². The second kappa shape index (κ2) is 8.56. The standard InChI is InChI=1S/C24H29N5O/c1-30-22-13-11-19(12-14-22)23(28-16-15-18-7-5-6-8-20(18)17-28)24-25-26-27-29(24)21-9-3-2-4-10-21/h5-8,11-14,21,23H,2-4,9-10,15-17H2,1H3/p+1/t23-/m0/s1. The largest absolute Gasteiger partial charge is 0.497 e. The number of rotatable bonds is 5. The number of aromatic nitrogens is 4. The number of tetrazole rings is 1. The molecule has 0 saturated heterocycles. The van der Waals surface area contributed by atoms with E-state index in [1.807, 2.05) is 0 Å². The molecular weight excluding hydrogens is 374 g/mol. The van der Waals surface area contributed by atoms with Crippen molar-refractivity contribution in [2.75, 3.05) is 13.7 Å². The van der Waals surface area contributed by atoms with Crippen molar-refractivity contribution in [3.8, 4) is 5.75 Å². The molecule has 0 spiro atoms. The molecule has 2 heterocycles. The Kier molecular flexibility index (Phi) is 5.49. The quantitative estimate of drug-likeness (QED) is 0.710. The average molecular weight is 405 g/mol. The molecule has 6 heteroatoms. The predicted octanol–water partition coefficient (Wildman–Crippen LogP) is 2.92. The fraction of sp³-hybridized carbons (Fsp3) is 0.458. The minimum absolute atomic E-state index is 0.112. The highest BCUT2D eigenvalue weighted by atomic mass is 16.5. The molecule has 0 amide bonds. The van der Waals surface area contributed by atoms with E-state index in [2.05, 4.69) is 68.7 Å². The summed E-state index contributed by atoms with van der Waals surface area (Å²) in [5.74, 6) is 1.88. The van der Waals surface area contributed by atoms with E-state index in [0.717, 1.165) is 31.1 Å². The molecule has 1 fully saturated rings. The first-order valence-electron chi connectivity index (χ1n) is 11.2. The van der Waals surface area contributed by atoms with Crippen molar-refractivity contribution in [3.05, 3.63) is 71.0 Å². The van der Waals surface area contributed by atoms with E-state index in [9.17, 15) is 0 Å². The Morgan fingerprint density at radius 1 is 1.00 bits per heavy atom. The van der Waals surface area contributed by atoms with Crippen LogP contribution in [0.25, 0.3) is 0 Å². The summed E-state index contributed by atoms with van der Waals surface area (Å²) in [5.41, 5.74) is 4.16. The van der Waals surface area contributed by atoms with Crippen LogP contribution in [-0.4, -0.2) is 33.9 Å². The number of fused-ring (bicyclic) bond motifs is 1. The van der Waals surface area contributed by atoms with E-state index in [1.54, 1.807) is 7.11 Å². The SMILES string of the molecule is COc1ccc([C@@H](c2nnnn2C2CCCCC2)[NH+]2CCc3ccccc3C2)cc1. The van der Waals surface area contributed by atoms with Crippen molar-refractivity contribution in [3.63, 3.8) is 0 Å². The molecule has 156 valence electrons. The first kappa shape index (κ1) is 19.2. The van der Waals surface area contributed by atoms with Gasteiger partial charge in [-0.3, -0.25) is 0 Å². The van der Waals surface area contributed by atoms with Crippen LogP contribution in [0.2, 0.25) is 0 Å². The maximum absolute atomic E-state index is 5.40. The molecule has 6 nitrogen and oxygen atoms in total. The average Bonchev–Trinajstić information content (AvgIpc) is 3.29. The summed E-state index contributed by atoms with van der Waals surface area (Å²) in [4.78, 5) is 1.51. The Balaban J connectivity index is 1.53. The third kappa shape index (κ3) is 3.72. The predicted molar refractivity (Wildman–Crippen MR) is 114 cm³/mol. The highest BCUT2D eigenvalue weighted by Gasteiger charge is 2.35. The zero-order valence-corrected chi connectivity index (χ0v) is 17.6. The van der Waals surface area contributed by atoms with Crippen molar-refractivity contribution >= 4 is 0 Å². The van der Waals surface area contributed by atoms with Crippen LogP contribution in [0.5, 0.6) is 5.75 Å². The van der Waals surface area contributed by atoms with Gasteiger partial charge in [-0.15, -0.1) is 5.10 Å². The lowest BCUT2D eigenvalue weighted by Crippen LogP contribution is -3.12. The molecule has 1 unspecified atom stereocenters. The van der Waals surface area contributed by atoms with Crippen LogP contribution in [-0.2, 0) is 13.0 Å². The monoisotopic (exact) mass is 404 g/mol. The first-order chi connectivity index (χ1) is 14.8. The molecule has 0 bridgehead atoms. The summed E-state index contributed by atoms with van der Waals surface area (Å²) < 4.78 is 7.54. The van der Waals surface area contributed by atoms with Gasteiger partial charge in [0.2, 0.25) is 5.82 Å². The second-order valence-electron chi connectivity index (χ2n) is 8.58. The van der Waals surface area contributed by atoms with Gasteiger partial charge in [-0.2, -0.15) is 0 Å². The topological polar surface area (TPSA) is 57.3 Å². The molecule has 2 aliphatic rings. The number of nitrogens with one attached hydrogen (secondary N) is 1. The Morgan fingerprint density at radius 3 is 2.53 bits per heavy atom. The molecule has 1 saturated carbocycles. The molecule has 2 aromatic carbocycles. The van der Waals surface area contributed by atoms with Gasteiger partial charge in [0.05, 0.1) is 19.7 Å². The zero-order valence-electron chi connectivity index (χ0n) is 17.6. The molecule has 1 aliphatic carbocycles. The number of methoxy groups -OCH3 is 1. The van der Waals surface area contributed by atoms with E-state index in [1.165, 1.54) is 53.7 Å². The van der Waals surface area contributed by atoms with Crippen molar-refractivity contribution in [1.82, 2.24) is 20.2 Å². The maximum atomic E-state index is 5.40.